The number of benzene rings is 1. The molecule has 0 atom stereocenters. The molecule has 0 spiro atoms. The van der Waals surface area contributed by atoms with Crippen molar-refractivity contribution >= 4 is 22.7 Å². The van der Waals surface area contributed by atoms with Crippen molar-refractivity contribution in [2.45, 2.75) is 0 Å². The lowest BCUT2D eigenvalue weighted by Gasteiger charge is -2.06. The Balaban J connectivity index is 1.66. The number of hydrogen-bond donors (Lipinski definition) is 2. The van der Waals surface area contributed by atoms with Gasteiger partial charge in [-0.15, -0.1) is 0 Å². The molecule has 0 aliphatic rings. The minimum Gasteiger partial charge on any atom is -0.309 e. The Morgan fingerprint density at radius 1 is 1.00 bits per heavy atom. The van der Waals surface area contributed by atoms with Gasteiger partial charge in [0, 0.05) is 17.1 Å². The van der Waals surface area contributed by atoms with E-state index < -0.39 is 5.82 Å². The van der Waals surface area contributed by atoms with Crippen LogP contribution in [0.5, 0.6) is 0 Å². The fraction of sp³-hybridized carbons (Fsp3) is 0. The van der Waals surface area contributed by atoms with Crippen LogP contribution < -0.4 is 5.32 Å². The van der Waals surface area contributed by atoms with Crippen molar-refractivity contribution in [3.63, 3.8) is 0 Å². The summed E-state index contributed by atoms with van der Waals surface area (Å²) in [6.07, 6.45) is 4.57. The number of rotatable bonds is 3. The molecule has 4 rings (SSSR count). The number of fused-ring (bicyclic) bond motifs is 1. The third-order valence-corrected chi connectivity index (χ3v) is 3.36. The van der Waals surface area contributed by atoms with Crippen molar-refractivity contribution in [3.05, 3.63) is 60.8 Å². The SMILES string of the molecule is Fc1ccc(Nc2nccc(-c3ccc4cn[nH]c4c3)n2)nc1. The second-order valence-electron chi connectivity index (χ2n) is 4.92. The highest BCUT2D eigenvalue weighted by Crippen LogP contribution is 2.22. The van der Waals surface area contributed by atoms with Crippen LogP contribution in [0.25, 0.3) is 22.2 Å². The summed E-state index contributed by atoms with van der Waals surface area (Å²) in [5.74, 6) is 0.483. The Hall–Kier alpha value is -3.35. The van der Waals surface area contributed by atoms with Gasteiger partial charge in [0.1, 0.15) is 11.6 Å². The smallest absolute Gasteiger partial charge is 0.228 e. The quantitative estimate of drug-likeness (QED) is 0.607. The number of nitrogens with zero attached hydrogens (tertiary/aromatic N) is 4. The number of anilines is 2. The number of halogens is 1. The van der Waals surface area contributed by atoms with Gasteiger partial charge < -0.3 is 5.32 Å². The van der Waals surface area contributed by atoms with E-state index in [1.807, 2.05) is 24.3 Å². The third kappa shape index (κ3) is 2.71. The van der Waals surface area contributed by atoms with E-state index in [0.29, 0.717) is 11.8 Å². The summed E-state index contributed by atoms with van der Waals surface area (Å²) in [4.78, 5) is 12.6. The zero-order valence-corrected chi connectivity index (χ0v) is 11.9. The van der Waals surface area contributed by atoms with E-state index in [1.165, 1.54) is 12.1 Å². The number of nitrogens with one attached hydrogen (secondary N) is 2. The Morgan fingerprint density at radius 3 is 2.83 bits per heavy atom. The van der Waals surface area contributed by atoms with Gasteiger partial charge in [0.2, 0.25) is 5.95 Å². The molecule has 7 heteroatoms. The van der Waals surface area contributed by atoms with Gasteiger partial charge in [0.15, 0.2) is 0 Å². The molecule has 0 unspecified atom stereocenters. The van der Waals surface area contributed by atoms with Crippen LogP contribution in [0.1, 0.15) is 0 Å². The van der Waals surface area contributed by atoms with E-state index in [2.05, 4.69) is 30.5 Å². The monoisotopic (exact) mass is 306 g/mol. The molecule has 0 fully saturated rings. The van der Waals surface area contributed by atoms with Gasteiger partial charge in [-0.05, 0) is 24.3 Å². The summed E-state index contributed by atoms with van der Waals surface area (Å²) in [7, 11) is 0. The maximum absolute atomic E-state index is 12.9. The van der Waals surface area contributed by atoms with E-state index in [-0.39, 0.29) is 0 Å². The molecule has 0 bridgehead atoms. The molecule has 2 N–H and O–H groups in total. The van der Waals surface area contributed by atoms with Crippen LogP contribution >= 0.6 is 0 Å². The Kier molecular flexibility index (Phi) is 3.16. The van der Waals surface area contributed by atoms with Crippen LogP contribution in [0.15, 0.2) is 55.0 Å². The molecular weight excluding hydrogens is 295 g/mol. The molecule has 0 saturated carbocycles. The second kappa shape index (κ2) is 5.45. The number of pyridine rings is 1. The summed E-state index contributed by atoms with van der Waals surface area (Å²) in [6, 6.07) is 10.6. The summed E-state index contributed by atoms with van der Waals surface area (Å²) < 4.78 is 12.9. The zero-order valence-electron chi connectivity index (χ0n) is 11.9. The molecule has 0 saturated heterocycles. The lowest BCUT2D eigenvalue weighted by atomic mass is 10.1. The number of aromatic amines is 1. The first-order chi connectivity index (χ1) is 11.3. The molecular formula is C16H11FN6. The van der Waals surface area contributed by atoms with Crippen molar-refractivity contribution in [1.29, 1.82) is 0 Å². The van der Waals surface area contributed by atoms with E-state index in [1.54, 1.807) is 12.4 Å². The van der Waals surface area contributed by atoms with Gasteiger partial charge in [-0.2, -0.15) is 5.10 Å². The number of H-pyrrole nitrogens is 1. The van der Waals surface area contributed by atoms with E-state index in [9.17, 15) is 4.39 Å². The zero-order chi connectivity index (χ0) is 15.6. The first-order valence-corrected chi connectivity index (χ1v) is 6.93. The van der Waals surface area contributed by atoms with Crippen molar-refractivity contribution < 1.29 is 4.39 Å². The predicted molar refractivity (Wildman–Crippen MR) is 84.6 cm³/mol. The van der Waals surface area contributed by atoms with Gasteiger partial charge >= 0.3 is 0 Å². The van der Waals surface area contributed by atoms with Crippen LogP contribution in [0.4, 0.5) is 16.2 Å². The molecule has 0 radical (unpaired) electrons. The van der Waals surface area contributed by atoms with Crippen LogP contribution in [-0.2, 0) is 0 Å². The summed E-state index contributed by atoms with van der Waals surface area (Å²) >= 11 is 0. The maximum atomic E-state index is 12.9. The van der Waals surface area contributed by atoms with E-state index in [0.717, 1.165) is 28.4 Å². The van der Waals surface area contributed by atoms with Crippen molar-refractivity contribution in [2.75, 3.05) is 5.32 Å². The lowest BCUT2D eigenvalue weighted by molar-refractivity contribution is 0.622. The van der Waals surface area contributed by atoms with Gasteiger partial charge in [-0.3, -0.25) is 5.10 Å². The van der Waals surface area contributed by atoms with Crippen LogP contribution in [0.3, 0.4) is 0 Å². The van der Waals surface area contributed by atoms with E-state index in [4.69, 9.17) is 0 Å². The van der Waals surface area contributed by atoms with Gasteiger partial charge in [-0.25, -0.2) is 19.3 Å². The van der Waals surface area contributed by atoms with Crippen LogP contribution in [0.2, 0.25) is 0 Å². The predicted octanol–water partition coefficient (Wildman–Crippen LogP) is 3.30. The molecule has 3 heterocycles. The van der Waals surface area contributed by atoms with E-state index >= 15 is 0 Å². The fourth-order valence-corrected chi connectivity index (χ4v) is 2.24. The van der Waals surface area contributed by atoms with Crippen LogP contribution in [0, 0.1) is 5.82 Å². The van der Waals surface area contributed by atoms with Crippen molar-refractivity contribution in [2.24, 2.45) is 0 Å². The Morgan fingerprint density at radius 2 is 1.96 bits per heavy atom. The Bertz CT molecular complexity index is 964. The first-order valence-electron chi connectivity index (χ1n) is 6.93. The largest absolute Gasteiger partial charge is 0.309 e. The summed E-state index contributed by atoms with van der Waals surface area (Å²) in [6.45, 7) is 0. The summed E-state index contributed by atoms with van der Waals surface area (Å²) in [5, 5.41) is 10.9. The molecule has 6 nitrogen and oxygen atoms in total. The molecule has 0 amide bonds. The van der Waals surface area contributed by atoms with Crippen molar-refractivity contribution in [1.82, 2.24) is 25.1 Å². The minimum atomic E-state index is -0.391. The Labute approximate surface area is 130 Å². The number of aromatic nitrogens is 5. The molecule has 0 aliphatic heterocycles. The average molecular weight is 306 g/mol. The molecule has 4 aromatic rings. The molecule has 112 valence electrons. The normalized spacial score (nSPS) is 10.8. The fourth-order valence-electron chi connectivity index (χ4n) is 2.24. The first kappa shape index (κ1) is 13.3. The topological polar surface area (TPSA) is 79.4 Å². The molecule has 23 heavy (non-hydrogen) atoms. The van der Waals surface area contributed by atoms with Crippen molar-refractivity contribution in [3.8, 4) is 11.3 Å². The highest BCUT2D eigenvalue weighted by atomic mass is 19.1. The second-order valence-corrected chi connectivity index (χ2v) is 4.92. The van der Waals surface area contributed by atoms with Crippen LogP contribution in [-0.4, -0.2) is 25.1 Å². The highest BCUT2D eigenvalue weighted by molar-refractivity contribution is 5.83. The molecule has 0 aliphatic carbocycles. The lowest BCUT2D eigenvalue weighted by Crippen LogP contribution is -1.99. The van der Waals surface area contributed by atoms with Gasteiger partial charge in [-0.1, -0.05) is 12.1 Å². The maximum Gasteiger partial charge on any atom is 0.228 e. The van der Waals surface area contributed by atoms with Gasteiger partial charge in [0.05, 0.1) is 23.6 Å². The summed E-state index contributed by atoms with van der Waals surface area (Å²) in [5.41, 5.74) is 2.65. The molecule has 1 aromatic carbocycles. The minimum absolute atomic E-state index is 0.391. The standard InChI is InChI=1S/C16H11FN6/c17-12-3-4-15(19-9-12)22-16-18-6-5-13(21-16)10-1-2-11-8-20-23-14(11)7-10/h1-9H,(H,20,23)(H,18,19,21,22). The highest BCUT2D eigenvalue weighted by Gasteiger charge is 2.05. The average Bonchev–Trinajstić information content (AvgIpc) is 3.05. The van der Waals surface area contributed by atoms with Gasteiger partial charge in [0.25, 0.3) is 0 Å². The third-order valence-electron chi connectivity index (χ3n) is 3.36. The number of hydrogen-bond acceptors (Lipinski definition) is 5. The molecule has 3 aromatic heterocycles.